The third-order valence-electron chi connectivity index (χ3n) is 7.45. The number of likely N-dealkylation sites (tertiary alicyclic amines) is 1. The molecule has 12 nitrogen and oxygen atoms in total. The van der Waals surface area contributed by atoms with Crippen molar-refractivity contribution in [3.05, 3.63) is 46.7 Å². The summed E-state index contributed by atoms with van der Waals surface area (Å²) in [5, 5.41) is 17.5. The van der Waals surface area contributed by atoms with Crippen molar-refractivity contribution in [2.45, 2.75) is 56.5 Å². The van der Waals surface area contributed by atoms with E-state index in [-0.39, 0.29) is 50.0 Å². The monoisotopic (exact) mass is 631 g/mol. The maximum Gasteiger partial charge on any atom is 0.248 e. The molecule has 216 valence electrons. The summed E-state index contributed by atoms with van der Waals surface area (Å²) >= 11 is 3.24. The van der Waals surface area contributed by atoms with Crippen LogP contribution in [-0.2, 0) is 25.6 Å². The molecule has 0 aliphatic carbocycles. The molecule has 14 heteroatoms. The van der Waals surface area contributed by atoms with Gasteiger partial charge in [0.1, 0.15) is 58.9 Å². The first-order valence-corrected chi connectivity index (χ1v) is 13.9. The van der Waals surface area contributed by atoms with Gasteiger partial charge in [0.2, 0.25) is 11.8 Å². The lowest BCUT2D eigenvalue weighted by atomic mass is 10.1. The molecule has 0 saturated carbocycles. The number of aliphatic hydroxyl groups excluding tert-OH is 1. The van der Waals surface area contributed by atoms with E-state index in [0.717, 1.165) is 0 Å². The van der Waals surface area contributed by atoms with Crippen LogP contribution in [0, 0.1) is 0 Å². The van der Waals surface area contributed by atoms with Crippen LogP contribution in [0.4, 0.5) is 10.2 Å². The maximum atomic E-state index is 14.5. The van der Waals surface area contributed by atoms with E-state index in [9.17, 15) is 23.9 Å². The molecule has 3 aliphatic rings. The number of hydrogen-bond acceptors (Lipinski definition) is 9. The molecule has 6 atom stereocenters. The van der Waals surface area contributed by atoms with E-state index in [2.05, 4.69) is 31.3 Å². The van der Waals surface area contributed by atoms with Crippen LogP contribution in [-0.4, -0.2) is 98.8 Å². The maximum absolute atomic E-state index is 14.5. The summed E-state index contributed by atoms with van der Waals surface area (Å²) in [5.41, 5.74) is 0.644. The summed E-state index contributed by atoms with van der Waals surface area (Å²) in [6.45, 7) is 1.25. The number of ketones is 1. The largest absolute Gasteiger partial charge is 0.485 e. The van der Waals surface area contributed by atoms with E-state index in [1.807, 2.05) is 0 Å². The number of anilines is 1. The van der Waals surface area contributed by atoms with Crippen LogP contribution < -0.4 is 10.1 Å². The first kappa shape index (κ1) is 27.7. The van der Waals surface area contributed by atoms with Crippen molar-refractivity contribution in [1.82, 2.24) is 19.7 Å². The Balaban J connectivity index is 1.20. The van der Waals surface area contributed by atoms with Crippen LogP contribution in [0.15, 0.2) is 41.0 Å². The molecule has 41 heavy (non-hydrogen) atoms. The average Bonchev–Trinajstić information content (AvgIpc) is 3.69. The minimum atomic E-state index is -1.36. The molecule has 2 amide bonds. The van der Waals surface area contributed by atoms with Crippen LogP contribution in [0.5, 0.6) is 5.75 Å². The predicted molar refractivity (Wildman–Crippen MR) is 145 cm³/mol. The van der Waals surface area contributed by atoms with Crippen molar-refractivity contribution < 1.29 is 38.1 Å². The Morgan fingerprint density at radius 3 is 2.78 bits per heavy atom. The zero-order chi connectivity index (χ0) is 28.8. The van der Waals surface area contributed by atoms with Crippen LogP contribution >= 0.6 is 15.9 Å². The first-order valence-electron chi connectivity index (χ1n) is 13.1. The zero-order valence-electron chi connectivity index (χ0n) is 21.9. The van der Waals surface area contributed by atoms with E-state index in [0.29, 0.717) is 21.3 Å². The minimum absolute atomic E-state index is 0.141. The molecular weight excluding hydrogens is 605 g/mol. The van der Waals surface area contributed by atoms with E-state index in [1.165, 1.54) is 16.5 Å². The fourth-order valence-corrected chi connectivity index (χ4v) is 5.89. The van der Waals surface area contributed by atoms with Gasteiger partial charge < -0.3 is 29.5 Å². The molecule has 2 aromatic heterocycles. The smallest absolute Gasteiger partial charge is 0.248 e. The Morgan fingerprint density at radius 2 is 2.00 bits per heavy atom. The SMILES string of the molecule is CC(=O)c1nn(CC(=O)N2C[C@H](F)C[C@H]2C(=O)Nc2cccc(Br)n2)c2ccc(O[C@@H]3CO[C@H]4[C@@H]3OC[C@H]4O)cc12. The normalized spacial score (nSPS) is 27.3. The highest BCUT2D eigenvalue weighted by molar-refractivity contribution is 9.10. The molecule has 0 bridgehead atoms. The summed E-state index contributed by atoms with van der Waals surface area (Å²) < 4.78 is 33.7. The zero-order valence-corrected chi connectivity index (χ0v) is 23.5. The van der Waals surface area contributed by atoms with E-state index in [1.54, 1.807) is 36.4 Å². The summed E-state index contributed by atoms with van der Waals surface area (Å²) in [6.07, 6.45) is -3.50. The van der Waals surface area contributed by atoms with Gasteiger partial charge in [-0.25, -0.2) is 9.37 Å². The number of pyridine rings is 1. The lowest BCUT2D eigenvalue weighted by Crippen LogP contribution is -2.44. The number of carbonyl (C=O) groups is 3. The Hall–Kier alpha value is -3.46. The summed E-state index contributed by atoms with van der Waals surface area (Å²) in [6, 6.07) is 8.98. The van der Waals surface area contributed by atoms with Crippen molar-refractivity contribution in [3.63, 3.8) is 0 Å². The number of aromatic nitrogens is 3. The number of alkyl halides is 1. The Labute approximate surface area is 241 Å². The summed E-state index contributed by atoms with van der Waals surface area (Å²) in [5.74, 6) is -0.649. The van der Waals surface area contributed by atoms with Gasteiger partial charge in [-0.2, -0.15) is 5.10 Å². The number of fused-ring (bicyclic) bond motifs is 2. The highest BCUT2D eigenvalue weighted by atomic mass is 79.9. The second kappa shape index (κ2) is 11.1. The number of amides is 2. The molecule has 5 heterocycles. The van der Waals surface area contributed by atoms with Crippen molar-refractivity contribution in [3.8, 4) is 5.75 Å². The molecule has 3 aliphatic heterocycles. The molecule has 1 aromatic carbocycles. The van der Waals surface area contributed by atoms with Gasteiger partial charge in [-0.15, -0.1) is 0 Å². The third kappa shape index (κ3) is 5.44. The van der Waals surface area contributed by atoms with Gasteiger partial charge in [-0.1, -0.05) is 6.07 Å². The van der Waals surface area contributed by atoms with Gasteiger partial charge >= 0.3 is 0 Å². The molecule has 6 rings (SSSR count). The summed E-state index contributed by atoms with van der Waals surface area (Å²) in [4.78, 5) is 44.1. The molecule has 0 unspecified atom stereocenters. The van der Waals surface area contributed by atoms with Crippen molar-refractivity contribution in [2.75, 3.05) is 25.1 Å². The molecule has 3 fully saturated rings. The van der Waals surface area contributed by atoms with Crippen LogP contribution in [0.1, 0.15) is 23.8 Å². The number of Topliss-reactive ketones (excluding diaryl/α,β-unsaturated/α-hetero) is 1. The van der Waals surface area contributed by atoms with Gasteiger partial charge in [0, 0.05) is 18.7 Å². The lowest BCUT2D eigenvalue weighted by Gasteiger charge is -2.23. The second-order valence-electron chi connectivity index (χ2n) is 10.3. The number of rotatable bonds is 7. The number of aliphatic hydroxyl groups is 1. The number of nitrogens with one attached hydrogen (secondary N) is 1. The fourth-order valence-electron chi connectivity index (χ4n) is 5.55. The quantitative estimate of drug-likeness (QED) is 0.295. The van der Waals surface area contributed by atoms with Gasteiger partial charge in [-0.3, -0.25) is 19.1 Å². The molecule has 0 spiro atoms. The third-order valence-corrected chi connectivity index (χ3v) is 7.89. The Kier molecular flexibility index (Phi) is 7.49. The van der Waals surface area contributed by atoms with Crippen LogP contribution in [0.25, 0.3) is 10.9 Å². The molecule has 3 saturated heterocycles. The van der Waals surface area contributed by atoms with Crippen molar-refractivity contribution in [2.24, 2.45) is 0 Å². The Morgan fingerprint density at radius 1 is 1.20 bits per heavy atom. The highest BCUT2D eigenvalue weighted by Crippen LogP contribution is 2.32. The standard InChI is InChI=1S/C27H27BrFN5O7/c1-13(35)24-16-8-15(41-20-12-40-25-19(36)11-39-26(20)25)5-6-17(16)34(32-24)10-23(37)33-9-14(29)7-18(33)27(38)31-22-4-2-3-21(28)30-22/h2-6,8,14,18-20,25-26,36H,7,9-12H2,1H3,(H,30,31,38)/t14-,18+,19-,20-,25-,26-/m1/s1. The number of ether oxygens (including phenoxy) is 3. The van der Waals surface area contributed by atoms with Gasteiger partial charge in [0.15, 0.2) is 11.9 Å². The number of nitrogens with zero attached hydrogens (tertiary/aromatic N) is 4. The van der Waals surface area contributed by atoms with Crippen LogP contribution in [0.3, 0.4) is 0 Å². The van der Waals surface area contributed by atoms with Gasteiger partial charge in [0.25, 0.3) is 0 Å². The molecule has 0 radical (unpaired) electrons. The average molecular weight is 632 g/mol. The molecule has 2 N–H and O–H groups in total. The van der Waals surface area contributed by atoms with E-state index >= 15 is 0 Å². The topological polar surface area (TPSA) is 145 Å². The summed E-state index contributed by atoms with van der Waals surface area (Å²) in [7, 11) is 0. The van der Waals surface area contributed by atoms with E-state index in [4.69, 9.17) is 14.2 Å². The number of benzene rings is 1. The molecule has 3 aromatic rings. The first-order chi connectivity index (χ1) is 19.7. The number of halogens is 2. The van der Waals surface area contributed by atoms with Crippen LogP contribution in [0.2, 0.25) is 0 Å². The number of hydrogen-bond donors (Lipinski definition) is 2. The highest BCUT2D eigenvalue weighted by Gasteiger charge is 2.48. The fraction of sp³-hybridized carbons (Fsp3) is 0.444. The second-order valence-corrected chi connectivity index (χ2v) is 11.1. The van der Waals surface area contributed by atoms with Gasteiger partial charge in [-0.05, 0) is 46.3 Å². The van der Waals surface area contributed by atoms with Gasteiger partial charge in [0.05, 0.1) is 25.3 Å². The van der Waals surface area contributed by atoms with Crippen molar-refractivity contribution in [1.29, 1.82) is 0 Å². The lowest BCUT2D eigenvalue weighted by molar-refractivity contribution is -0.137. The Bertz CT molecular complexity index is 1520. The van der Waals surface area contributed by atoms with E-state index < -0.39 is 48.4 Å². The van der Waals surface area contributed by atoms with Crippen molar-refractivity contribution >= 4 is 50.2 Å². The number of carbonyl (C=O) groups excluding carboxylic acids is 3. The molecular formula is C27H27BrFN5O7. The predicted octanol–water partition coefficient (Wildman–Crippen LogP) is 1.88. The minimum Gasteiger partial charge on any atom is -0.485 e.